The van der Waals surface area contributed by atoms with Crippen molar-refractivity contribution in [1.29, 1.82) is 0 Å². The van der Waals surface area contributed by atoms with Gasteiger partial charge in [0.15, 0.2) is 0 Å². The van der Waals surface area contributed by atoms with Gasteiger partial charge < -0.3 is 16.0 Å². The van der Waals surface area contributed by atoms with Crippen molar-refractivity contribution >= 4 is 29.9 Å². The predicted molar refractivity (Wildman–Crippen MR) is 104 cm³/mol. The highest BCUT2D eigenvalue weighted by atomic mass is 35.5. The Labute approximate surface area is 161 Å². The largest absolute Gasteiger partial charge is 0.399 e. The number of hydrogen-bond acceptors (Lipinski definition) is 3. The van der Waals surface area contributed by atoms with Crippen molar-refractivity contribution < 1.29 is 9.59 Å². The van der Waals surface area contributed by atoms with Gasteiger partial charge in [0.25, 0.3) is 0 Å². The number of halogens is 1. The minimum atomic E-state index is -0.0735. The molecule has 4 rings (SSSR count). The summed E-state index contributed by atoms with van der Waals surface area (Å²) < 4.78 is 0. The number of amides is 2. The third-order valence-electron chi connectivity index (χ3n) is 5.83. The van der Waals surface area contributed by atoms with E-state index in [-0.39, 0.29) is 42.1 Å². The molecule has 3 N–H and O–H groups in total. The third kappa shape index (κ3) is 3.98. The van der Waals surface area contributed by atoms with Crippen LogP contribution in [0.3, 0.4) is 0 Å². The van der Waals surface area contributed by atoms with Gasteiger partial charge in [-0.1, -0.05) is 6.07 Å². The molecule has 2 atom stereocenters. The summed E-state index contributed by atoms with van der Waals surface area (Å²) in [5.41, 5.74) is 9.14. The first-order valence-electron chi connectivity index (χ1n) is 9.59. The van der Waals surface area contributed by atoms with Crippen LogP contribution in [0.25, 0.3) is 0 Å². The molecule has 2 fully saturated rings. The summed E-state index contributed by atoms with van der Waals surface area (Å²) in [6, 6.07) is 6.08. The zero-order chi connectivity index (χ0) is 17.4. The molecule has 1 aromatic rings. The summed E-state index contributed by atoms with van der Waals surface area (Å²) in [6.07, 6.45) is 6.91. The first kappa shape index (κ1) is 19.0. The Bertz CT molecular complexity index is 690. The van der Waals surface area contributed by atoms with Gasteiger partial charge in [-0.15, -0.1) is 12.4 Å². The van der Waals surface area contributed by atoms with E-state index in [0.717, 1.165) is 57.2 Å². The van der Waals surface area contributed by atoms with Gasteiger partial charge in [-0.25, -0.2) is 0 Å². The summed E-state index contributed by atoms with van der Waals surface area (Å²) in [5, 5.41) is 3.25. The van der Waals surface area contributed by atoms with E-state index >= 15 is 0 Å². The molecule has 2 aliphatic carbocycles. The van der Waals surface area contributed by atoms with Gasteiger partial charge in [0.1, 0.15) is 0 Å². The van der Waals surface area contributed by atoms with Crippen molar-refractivity contribution in [3.05, 3.63) is 29.3 Å². The van der Waals surface area contributed by atoms with Crippen LogP contribution in [-0.4, -0.2) is 29.8 Å². The van der Waals surface area contributed by atoms with Gasteiger partial charge in [-0.05, 0) is 68.2 Å². The fraction of sp³-hybridized carbons (Fsp3) is 0.600. The second-order valence-electron chi connectivity index (χ2n) is 7.81. The molecule has 6 heteroatoms. The van der Waals surface area contributed by atoms with Crippen molar-refractivity contribution in [3.8, 4) is 0 Å². The van der Waals surface area contributed by atoms with Crippen LogP contribution in [0.4, 0.5) is 5.69 Å². The van der Waals surface area contributed by atoms with Crippen LogP contribution in [0, 0.1) is 11.8 Å². The fourth-order valence-corrected chi connectivity index (χ4v) is 4.25. The smallest absolute Gasteiger partial charge is 0.225 e. The highest BCUT2D eigenvalue weighted by Crippen LogP contribution is 2.34. The molecular weight excluding hydrogens is 350 g/mol. The lowest BCUT2D eigenvalue weighted by atomic mass is 9.86. The van der Waals surface area contributed by atoms with Crippen LogP contribution in [0.15, 0.2) is 18.2 Å². The molecule has 2 amide bonds. The number of rotatable bonds is 3. The van der Waals surface area contributed by atoms with Crippen LogP contribution >= 0.6 is 12.4 Å². The van der Waals surface area contributed by atoms with Crippen molar-refractivity contribution in [2.75, 3.05) is 18.8 Å². The van der Waals surface area contributed by atoms with E-state index in [2.05, 4.69) is 11.4 Å². The molecule has 0 radical (unpaired) electrons. The molecule has 1 heterocycles. The molecule has 2 unspecified atom stereocenters. The van der Waals surface area contributed by atoms with E-state index < -0.39 is 0 Å². The van der Waals surface area contributed by atoms with Gasteiger partial charge in [0.05, 0.1) is 12.0 Å². The van der Waals surface area contributed by atoms with Crippen LogP contribution < -0.4 is 11.1 Å². The number of nitrogens with two attached hydrogens (primary N) is 1. The maximum atomic E-state index is 12.8. The van der Waals surface area contributed by atoms with Crippen molar-refractivity contribution in [2.45, 2.75) is 51.0 Å². The first-order chi connectivity index (χ1) is 12.1. The predicted octanol–water partition coefficient (Wildman–Crippen LogP) is 2.83. The molecule has 142 valence electrons. The fourth-order valence-electron chi connectivity index (χ4n) is 4.25. The Balaban J connectivity index is 0.00000196. The number of likely N-dealkylation sites (tertiary alicyclic amines) is 1. The standard InChI is InChI=1S/C20H27N3O2.ClH/c21-16-8-9-17-14(11-16)3-1-5-18(17)22-19(24)15-4-2-10-23(12-15)20(25)13-6-7-13;/h8-9,11,13,15,18H,1-7,10,12,21H2,(H,22,24);1H. The molecule has 26 heavy (non-hydrogen) atoms. The summed E-state index contributed by atoms with van der Waals surface area (Å²) in [6.45, 7) is 1.40. The maximum absolute atomic E-state index is 12.8. The van der Waals surface area contributed by atoms with Crippen LogP contribution in [0.5, 0.6) is 0 Å². The molecule has 1 saturated heterocycles. The van der Waals surface area contributed by atoms with Gasteiger partial charge in [-0.2, -0.15) is 0 Å². The van der Waals surface area contributed by atoms with Crippen molar-refractivity contribution in [2.24, 2.45) is 11.8 Å². The normalized spacial score (nSPS) is 25.0. The quantitative estimate of drug-likeness (QED) is 0.795. The van der Waals surface area contributed by atoms with Crippen molar-refractivity contribution in [3.63, 3.8) is 0 Å². The summed E-state index contributed by atoms with van der Waals surface area (Å²) in [5.74, 6) is 0.520. The number of anilines is 1. The number of nitrogen functional groups attached to an aromatic ring is 1. The van der Waals surface area contributed by atoms with E-state index in [9.17, 15) is 9.59 Å². The number of nitrogens with zero attached hydrogens (tertiary/aromatic N) is 1. The highest BCUT2D eigenvalue weighted by molar-refractivity contribution is 5.85. The molecule has 1 aliphatic heterocycles. The van der Waals surface area contributed by atoms with Gasteiger partial charge in [-0.3, -0.25) is 9.59 Å². The molecule has 1 aromatic carbocycles. The Morgan fingerprint density at radius 3 is 2.65 bits per heavy atom. The van der Waals surface area contributed by atoms with Gasteiger partial charge >= 0.3 is 0 Å². The number of nitrogens with one attached hydrogen (secondary N) is 1. The maximum Gasteiger partial charge on any atom is 0.225 e. The number of fused-ring (bicyclic) bond motifs is 1. The van der Waals surface area contributed by atoms with E-state index in [1.807, 2.05) is 17.0 Å². The zero-order valence-corrected chi connectivity index (χ0v) is 15.9. The topological polar surface area (TPSA) is 75.4 Å². The number of hydrogen-bond donors (Lipinski definition) is 2. The average Bonchev–Trinajstić information content (AvgIpc) is 3.46. The molecule has 0 bridgehead atoms. The Morgan fingerprint density at radius 1 is 1.08 bits per heavy atom. The van der Waals surface area contributed by atoms with E-state index in [0.29, 0.717) is 6.54 Å². The van der Waals surface area contributed by atoms with Gasteiger partial charge in [0, 0.05) is 24.7 Å². The summed E-state index contributed by atoms with van der Waals surface area (Å²) >= 11 is 0. The molecule has 0 aromatic heterocycles. The second-order valence-corrected chi connectivity index (χ2v) is 7.81. The monoisotopic (exact) mass is 377 g/mol. The van der Waals surface area contributed by atoms with Gasteiger partial charge in [0.2, 0.25) is 11.8 Å². The first-order valence-corrected chi connectivity index (χ1v) is 9.59. The third-order valence-corrected chi connectivity index (χ3v) is 5.83. The van der Waals surface area contributed by atoms with Crippen LogP contribution in [-0.2, 0) is 16.0 Å². The van der Waals surface area contributed by atoms with E-state index in [1.54, 1.807) is 0 Å². The lowest BCUT2D eigenvalue weighted by molar-refractivity contribution is -0.137. The van der Waals surface area contributed by atoms with Crippen LogP contribution in [0.2, 0.25) is 0 Å². The second kappa shape index (κ2) is 7.87. The van der Waals surface area contributed by atoms with Crippen molar-refractivity contribution in [1.82, 2.24) is 10.2 Å². The lowest BCUT2D eigenvalue weighted by Gasteiger charge is -2.34. The zero-order valence-electron chi connectivity index (χ0n) is 15.1. The Hall–Kier alpha value is -1.75. The minimum absolute atomic E-state index is 0. The van der Waals surface area contributed by atoms with Crippen LogP contribution in [0.1, 0.15) is 55.7 Å². The number of piperidine rings is 1. The number of benzene rings is 1. The number of carbonyl (C=O) groups is 2. The minimum Gasteiger partial charge on any atom is -0.399 e. The Kier molecular flexibility index (Phi) is 5.76. The van der Waals surface area contributed by atoms with E-state index in [1.165, 1.54) is 11.1 Å². The highest BCUT2D eigenvalue weighted by Gasteiger charge is 2.37. The molecular formula is C20H28ClN3O2. The summed E-state index contributed by atoms with van der Waals surface area (Å²) in [7, 11) is 0. The Morgan fingerprint density at radius 2 is 1.88 bits per heavy atom. The number of aryl methyl sites for hydroxylation is 1. The molecule has 1 saturated carbocycles. The lowest BCUT2D eigenvalue weighted by Crippen LogP contribution is -2.46. The number of carbonyl (C=O) groups excluding carboxylic acids is 2. The molecule has 0 spiro atoms. The molecule has 3 aliphatic rings. The SMILES string of the molecule is Cl.Nc1ccc2c(c1)CCCC2NC(=O)C1CCCN(C(=O)C2CC2)C1. The summed E-state index contributed by atoms with van der Waals surface area (Å²) in [4.78, 5) is 27.0. The average molecular weight is 378 g/mol. The molecule has 5 nitrogen and oxygen atoms in total. The van der Waals surface area contributed by atoms with E-state index in [4.69, 9.17) is 5.73 Å².